The van der Waals surface area contributed by atoms with Crippen molar-refractivity contribution < 1.29 is 4.79 Å². The smallest absolute Gasteiger partial charge is 0.267 e. The summed E-state index contributed by atoms with van der Waals surface area (Å²) in [5.41, 5.74) is 1.62. The van der Waals surface area contributed by atoms with Crippen LogP contribution < -0.4 is 5.32 Å². The summed E-state index contributed by atoms with van der Waals surface area (Å²) < 4.78 is 1.15. The van der Waals surface area contributed by atoms with Gasteiger partial charge >= 0.3 is 0 Å². The second-order valence-electron chi connectivity index (χ2n) is 3.84. The van der Waals surface area contributed by atoms with Gasteiger partial charge in [-0.25, -0.2) is 4.98 Å². The van der Waals surface area contributed by atoms with E-state index in [1.807, 2.05) is 38.1 Å². The fourth-order valence-corrected chi connectivity index (χ4v) is 2.79. The quantitative estimate of drug-likeness (QED) is 0.832. The molecule has 1 heterocycles. The molecule has 0 unspecified atom stereocenters. The monoisotopic (exact) mass is 372 g/mol. The van der Waals surface area contributed by atoms with Crippen LogP contribution in [0.3, 0.4) is 0 Å². The maximum atomic E-state index is 12.1. The van der Waals surface area contributed by atoms with Crippen LogP contribution in [0.25, 0.3) is 0 Å². The predicted molar refractivity (Wildman–Crippen MR) is 83.3 cm³/mol. The summed E-state index contributed by atoms with van der Waals surface area (Å²) in [5.74, 6) is -0.0779. The Hall–Kier alpha value is -0.950. The molecule has 18 heavy (non-hydrogen) atoms. The molecule has 94 valence electrons. The molecular formula is C13H13IN2OS. The number of halogens is 1. The van der Waals surface area contributed by atoms with Crippen LogP contribution in [-0.2, 0) is 6.42 Å². The molecule has 0 saturated carbocycles. The molecule has 0 aliphatic carbocycles. The number of hydrogen-bond acceptors (Lipinski definition) is 3. The first-order chi connectivity index (χ1) is 8.60. The van der Waals surface area contributed by atoms with Crippen LogP contribution in [0.1, 0.15) is 27.3 Å². The molecule has 0 aliphatic heterocycles. The van der Waals surface area contributed by atoms with Crippen molar-refractivity contribution in [2.24, 2.45) is 0 Å². The SMILES string of the molecule is CCc1nc(C)c(C(=O)Nc2ccc(I)cc2)s1. The Morgan fingerprint density at radius 3 is 2.61 bits per heavy atom. The summed E-state index contributed by atoms with van der Waals surface area (Å²) >= 11 is 3.70. The van der Waals surface area contributed by atoms with Gasteiger partial charge in [0.1, 0.15) is 4.88 Å². The number of thiazole rings is 1. The van der Waals surface area contributed by atoms with Gasteiger partial charge in [-0.15, -0.1) is 11.3 Å². The van der Waals surface area contributed by atoms with Crippen LogP contribution in [0, 0.1) is 10.5 Å². The molecule has 0 spiro atoms. The van der Waals surface area contributed by atoms with Gasteiger partial charge in [0.15, 0.2) is 0 Å². The summed E-state index contributed by atoms with van der Waals surface area (Å²) in [7, 11) is 0. The molecule has 0 aliphatic rings. The lowest BCUT2D eigenvalue weighted by atomic mass is 10.3. The number of nitrogens with one attached hydrogen (secondary N) is 1. The van der Waals surface area contributed by atoms with Crippen LogP contribution in [0.2, 0.25) is 0 Å². The number of amides is 1. The van der Waals surface area contributed by atoms with Gasteiger partial charge in [0, 0.05) is 9.26 Å². The minimum Gasteiger partial charge on any atom is -0.321 e. The van der Waals surface area contributed by atoms with E-state index < -0.39 is 0 Å². The lowest BCUT2D eigenvalue weighted by molar-refractivity contribution is 0.103. The number of carbonyl (C=O) groups excluding carboxylic acids is 1. The average molecular weight is 372 g/mol. The maximum absolute atomic E-state index is 12.1. The number of benzene rings is 1. The second-order valence-corrected chi connectivity index (χ2v) is 6.17. The number of nitrogens with zero attached hydrogens (tertiary/aromatic N) is 1. The van der Waals surface area contributed by atoms with Crippen LogP contribution in [0.4, 0.5) is 5.69 Å². The van der Waals surface area contributed by atoms with Crippen molar-refractivity contribution in [3.8, 4) is 0 Å². The van der Waals surface area contributed by atoms with Gasteiger partial charge in [0.25, 0.3) is 5.91 Å². The minimum atomic E-state index is -0.0779. The van der Waals surface area contributed by atoms with E-state index >= 15 is 0 Å². The number of hydrogen-bond donors (Lipinski definition) is 1. The number of rotatable bonds is 3. The molecule has 3 nitrogen and oxygen atoms in total. The standard InChI is InChI=1S/C13H13IN2OS/c1-3-11-15-8(2)12(18-11)13(17)16-10-6-4-9(14)5-7-10/h4-7H,3H2,1-2H3,(H,16,17). The Labute approximate surface area is 124 Å². The van der Waals surface area contributed by atoms with Gasteiger partial charge in [0.2, 0.25) is 0 Å². The molecule has 0 bridgehead atoms. The van der Waals surface area contributed by atoms with E-state index in [-0.39, 0.29) is 5.91 Å². The van der Waals surface area contributed by atoms with Gasteiger partial charge in [0.05, 0.1) is 10.7 Å². The van der Waals surface area contributed by atoms with E-state index in [1.54, 1.807) is 0 Å². The van der Waals surface area contributed by atoms with Gasteiger partial charge in [-0.05, 0) is 60.2 Å². The highest BCUT2D eigenvalue weighted by atomic mass is 127. The van der Waals surface area contributed by atoms with Crippen LogP contribution in [0.15, 0.2) is 24.3 Å². The van der Waals surface area contributed by atoms with Crippen molar-refractivity contribution in [3.63, 3.8) is 0 Å². The first-order valence-electron chi connectivity index (χ1n) is 5.63. The fourth-order valence-electron chi connectivity index (χ4n) is 1.54. The first-order valence-corrected chi connectivity index (χ1v) is 7.53. The summed E-state index contributed by atoms with van der Waals surface area (Å²) in [6.07, 6.45) is 0.863. The molecule has 0 fully saturated rings. The number of aromatic nitrogens is 1. The highest BCUT2D eigenvalue weighted by Crippen LogP contribution is 2.20. The molecule has 0 radical (unpaired) electrons. The molecule has 1 amide bonds. The Morgan fingerprint density at radius 1 is 1.39 bits per heavy atom. The Balaban J connectivity index is 2.16. The largest absolute Gasteiger partial charge is 0.321 e. The van der Waals surface area contributed by atoms with Crippen molar-refractivity contribution in [1.29, 1.82) is 0 Å². The molecule has 0 atom stereocenters. The third-order valence-corrected chi connectivity index (χ3v) is 4.47. The lowest BCUT2D eigenvalue weighted by Gasteiger charge is -2.03. The van der Waals surface area contributed by atoms with Gasteiger partial charge in [-0.3, -0.25) is 4.79 Å². The zero-order valence-electron chi connectivity index (χ0n) is 10.2. The Kier molecular flexibility index (Phi) is 4.34. The van der Waals surface area contributed by atoms with Crippen molar-refractivity contribution in [1.82, 2.24) is 4.98 Å². The van der Waals surface area contributed by atoms with E-state index in [9.17, 15) is 4.79 Å². The number of carbonyl (C=O) groups is 1. The topological polar surface area (TPSA) is 42.0 Å². The van der Waals surface area contributed by atoms with Crippen molar-refractivity contribution in [2.45, 2.75) is 20.3 Å². The van der Waals surface area contributed by atoms with E-state index in [1.165, 1.54) is 11.3 Å². The third kappa shape index (κ3) is 3.08. The summed E-state index contributed by atoms with van der Waals surface area (Å²) in [4.78, 5) is 17.2. The van der Waals surface area contributed by atoms with Crippen molar-refractivity contribution in [3.05, 3.63) is 43.4 Å². The van der Waals surface area contributed by atoms with E-state index in [0.717, 1.165) is 26.4 Å². The summed E-state index contributed by atoms with van der Waals surface area (Å²) in [5, 5.41) is 3.89. The predicted octanol–water partition coefficient (Wildman–Crippen LogP) is 3.87. The normalized spacial score (nSPS) is 10.4. The highest BCUT2D eigenvalue weighted by molar-refractivity contribution is 14.1. The van der Waals surface area contributed by atoms with Gasteiger partial charge < -0.3 is 5.32 Å². The highest BCUT2D eigenvalue weighted by Gasteiger charge is 2.14. The molecule has 0 saturated heterocycles. The zero-order chi connectivity index (χ0) is 13.1. The van der Waals surface area contributed by atoms with Crippen LogP contribution in [-0.4, -0.2) is 10.9 Å². The fraction of sp³-hybridized carbons (Fsp3) is 0.231. The van der Waals surface area contributed by atoms with Gasteiger partial charge in [-0.2, -0.15) is 0 Å². The summed E-state index contributed by atoms with van der Waals surface area (Å²) in [6.45, 7) is 3.91. The molecule has 1 aromatic heterocycles. The lowest BCUT2D eigenvalue weighted by Crippen LogP contribution is -2.11. The van der Waals surface area contributed by atoms with E-state index in [2.05, 4.69) is 32.9 Å². The molecule has 2 rings (SSSR count). The maximum Gasteiger partial charge on any atom is 0.267 e. The third-order valence-electron chi connectivity index (χ3n) is 2.45. The van der Waals surface area contributed by atoms with Crippen molar-refractivity contribution in [2.75, 3.05) is 5.32 Å². The minimum absolute atomic E-state index is 0.0779. The first kappa shape index (κ1) is 13.5. The number of aryl methyl sites for hydroxylation is 2. The van der Waals surface area contributed by atoms with E-state index in [4.69, 9.17) is 0 Å². The molecule has 2 aromatic rings. The molecule has 1 N–H and O–H groups in total. The van der Waals surface area contributed by atoms with Crippen molar-refractivity contribution >= 4 is 45.5 Å². The summed E-state index contributed by atoms with van der Waals surface area (Å²) in [6, 6.07) is 7.73. The van der Waals surface area contributed by atoms with Crippen LogP contribution >= 0.6 is 33.9 Å². The van der Waals surface area contributed by atoms with Gasteiger partial charge in [-0.1, -0.05) is 6.92 Å². The molecule has 5 heteroatoms. The Morgan fingerprint density at radius 2 is 2.06 bits per heavy atom. The number of anilines is 1. The average Bonchev–Trinajstić information content (AvgIpc) is 2.73. The van der Waals surface area contributed by atoms with E-state index in [0.29, 0.717) is 4.88 Å². The molecule has 1 aromatic carbocycles. The second kappa shape index (κ2) is 5.79. The zero-order valence-corrected chi connectivity index (χ0v) is 13.1. The Bertz CT molecular complexity index is 563. The molecular weight excluding hydrogens is 359 g/mol. The van der Waals surface area contributed by atoms with Crippen LogP contribution in [0.5, 0.6) is 0 Å².